The predicted octanol–water partition coefficient (Wildman–Crippen LogP) is 1.69. The molecule has 0 aliphatic carbocycles. The molecule has 3 unspecified atom stereocenters. The van der Waals surface area contributed by atoms with Crippen molar-refractivity contribution in [1.29, 1.82) is 0 Å². The van der Waals surface area contributed by atoms with Crippen LogP contribution in [-0.4, -0.2) is 64.2 Å². The second kappa shape index (κ2) is 8.48. The first-order valence-electron chi connectivity index (χ1n) is 11.5. The van der Waals surface area contributed by atoms with E-state index in [9.17, 15) is 19.5 Å². The summed E-state index contributed by atoms with van der Waals surface area (Å²) in [7, 11) is 0. The number of aliphatic hydroxyl groups is 1. The molecule has 3 aliphatic heterocycles. The topological polar surface area (TPSA) is 108 Å². The molecule has 3 N–H and O–H groups in total. The Labute approximate surface area is 188 Å². The van der Waals surface area contributed by atoms with Gasteiger partial charge >= 0.3 is 0 Å². The van der Waals surface area contributed by atoms with Gasteiger partial charge in [0.2, 0.25) is 17.7 Å². The number of hydrogen-bond acceptors (Lipinski definition) is 5. The van der Waals surface area contributed by atoms with Crippen LogP contribution in [0.4, 0.5) is 5.69 Å². The molecule has 3 amide bonds. The average molecular weight is 444 g/mol. The molecule has 3 fully saturated rings. The summed E-state index contributed by atoms with van der Waals surface area (Å²) >= 11 is 0. The molecule has 0 saturated carbocycles. The van der Waals surface area contributed by atoms with Crippen molar-refractivity contribution in [3.05, 3.63) is 30.3 Å². The monoisotopic (exact) mass is 443 g/mol. The van der Waals surface area contributed by atoms with Crippen molar-refractivity contribution in [1.82, 2.24) is 10.2 Å². The lowest BCUT2D eigenvalue weighted by Gasteiger charge is -2.34. The van der Waals surface area contributed by atoms with Crippen LogP contribution in [0.25, 0.3) is 0 Å². The van der Waals surface area contributed by atoms with E-state index in [0.29, 0.717) is 18.5 Å². The smallest absolute Gasteiger partial charge is 0.246 e. The van der Waals surface area contributed by atoms with Gasteiger partial charge in [-0.3, -0.25) is 14.4 Å². The summed E-state index contributed by atoms with van der Waals surface area (Å²) in [6.07, 6.45) is 2.86. The summed E-state index contributed by atoms with van der Waals surface area (Å²) in [4.78, 5) is 41.8. The number of rotatable bonds is 8. The fraction of sp³-hybridized carbons (Fsp3) is 0.625. The molecule has 3 heterocycles. The second-order valence-corrected chi connectivity index (χ2v) is 9.54. The zero-order valence-electron chi connectivity index (χ0n) is 19.0. The number of hydrogen-bond donors (Lipinski definition) is 3. The molecule has 1 aromatic carbocycles. The first kappa shape index (κ1) is 22.7. The number of fused-ring (bicyclic) bond motifs is 1. The van der Waals surface area contributed by atoms with Crippen molar-refractivity contribution >= 4 is 23.4 Å². The van der Waals surface area contributed by atoms with Gasteiger partial charge in [0, 0.05) is 18.3 Å². The van der Waals surface area contributed by atoms with Gasteiger partial charge in [-0.2, -0.15) is 0 Å². The van der Waals surface area contributed by atoms with Crippen molar-refractivity contribution in [3.8, 4) is 0 Å². The molecule has 3 saturated heterocycles. The Morgan fingerprint density at radius 1 is 1.25 bits per heavy atom. The highest BCUT2D eigenvalue weighted by Crippen LogP contribution is 2.63. The molecule has 3 aliphatic rings. The van der Waals surface area contributed by atoms with Gasteiger partial charge in [-0.05, 0) is 45.2 Å². The van der Waals surface area contributed by atoms with Gasteiger partial charge in [-0.25, -0.2) is 0 Å². The maximum atomic E-state index is 13.6. The van der Waals surface area contributed by atoms with E-state index in [1.165, 1.54) is 4.90 Å². The molecule has 174 valence electrons. The van der Waals surface area contributed by atoms with E-state index in [2.05, 4.69) is 10.6 Å². The van der Waals surface area contributed by atoms with E-state index in [0.717, 1.165) is 12.8 Å². The van der Waals surface area contributed by atoms with Crippen LogP contribution in [0.15, 0.2) is 30.3 Å². The Morgan fingerprint density at radius 3 is 2.62 bits per heavy atom. The minimum atomic E-state index is -1.06. The Morgan fingerprint density at radius 2 is 1.97 bits per heavy atom. The van der Waals surface area contributed by atoms with Gasteiger partial charge in [0.15, 0.2) is 0 Å². The van der Waals surface area contributed by atoms with Gasteiger partial charge in [-0.15, -0.1) is 0 Å². The number of carbonyl (C=O) groups is 3. The summed E-state index contributed by atoms with van der Waals surface area (Å²) in [6.45, 7) is 5.63. The van der Waals surface area contributed by atoms with E-state index in [4.69, 9.17) is 4.74 Å². The van der Waals surface area contributed by atoms with E-state index >= 15 is 0 Å². The van der Waals surface area contributed by atoms with E-state index in [1.54, 1.807) is 12.1 Å². The number of benzene rings is 1. The first-order chi connectivity index (χ1) is 15.3. The normalized spacial score (nSPS) is 33.8. The summed E-state index contributed by atoms with van der Waals surface area (Å²) in [6, 6.07) is 8.22. The second-order valence-electron chi connectivity index (χ2n) is 9.54. The Balaban J connectivity index is 1.67. The average Bonchev–Trinajstić information content (AvgIpc) is 3.30. The number of aliphatic hydroxyl groups excluding tert-OH is 1. The van der Waals surface area contributed by atoms with Crippen molar-refractivity contribution in [2.45, 2.75) is 69.7 Å². The number of para-hydroxylation sites is 1. The van der Waals surface area contributed by atoms with Gasteiger partial charge in [0.05, 0.1) is 24.0 Å². The third-order valence-electron chi connectivity index (χ3n) is 7.30. The van der Waals surface area contributed by atoms with Crippen LogP contribution in [0.2, 0.25) is 0 Å². The first-order valence-corrected chi connectivity index (χ1v) is 11.5. The minimum absolute atomic E-state index is 0.0322. The number of amides is 3. The minimum Gasteiger partial charge on any atom is -0.395 e. The maximum Gasteiger partial charge on any atom is 0.246 e. The summed E-state index contributed by atoms with van der Waals surface area (Å²) in [5.41, 5.74) is -1.23. The molecule has 8 nitrogen and oxygen atoms in total. The van der Waals surface area contributed by atoms with Crippen molar-refractivity contribution in [3.63, 3.8) is 0 Å². The summed E-state index contributed by atoms with van der Waals surface area (Å²) in [5.74, 6) is -2.31. The third kappa shape index (κ3) is 3.49. The van der Waals surface area contributed by atoms with Crippen molar-refractivity contribution < 1.29 is 24.2 Å². The zero-order valence-corrected chi connectivity index (χ0v) is 19.0. The standard InChI is InChI=1S/C24H33N3O5/c1-4-8-15(2)25-21(30)19-24-12-11-23(3,32-24)17(18(24)22(31)27(19)13-14-28)20(29)26-16-9-6-5-7-10-16/h5-7,9-10,15,17-19,28H,4,8,11-14H2,1-3H3,(H,25,30)(H,26,29)/t15?,17-,18+,19?,23+,24?/m1/s1. The van der Waals surface area contributed by atoms with Crippen LogP contribution in [0.1, 0.15) is 46.5 Å². The van der Waals surface area contributed by atoms with E-state index in [-0.39, 0.29) is 36.9 Å². The highest BCUT2D eigenvalue weighted by molar-refractivity contribution is 6.02. The number of ether oxygens (including phenoxy) is 1. The van der Waals surface area contributed by atoms with Crippen LogP contribution in [0.5, 0.6) is 0 Å². The Kier molecular flexibility index (Phi) is 6.02. The maximum absolute atomic E-state index is 13.6. The highest BCUT2D eigenvalue weighted by atomic mass is 16.5. The molecule has 6 atom stereocenters. The third-order valence-corrected chi connectivity index (χ3v) is 7.30. The number of nitrogens with zero attached hydrogens (tertiary/aromatic N) is 1. The molecular weight excluding hydrogens is 410 g/mol. The van der Waals surface area contributed by atoms with Crippen LogP contribution >= 0.6 is 0 Å². The lowest BCUT2D eigenvalue weighted by molar-refractivity contribution is -0.145. The van der Waals surface area contributed by atoms with Gasteiger partial charge in [-0.1, -0.05) is 31.5 Å². The van der Waals surface area contributed by atoms with Gasteiger partial charge in [0.25, 0.3) is 0 Å². The Bertz CT molecular complexity index is 893. The van der Waals surface area contributed by atoms with Gasteiger partial charge < -0.3 is 25.4 Å². The fourth-order valence-corrected chi connectivity index (χ4v) is 6.04. The Hall–Kier alpha value is -2.45. The highest BCUT2D eigenvalue weighted by Gasteiger charge is 2.77. The summed E-state index contributed by atoms with van der Waals surface area (Å²) < 4.78 is 6.50. The fourth-order valence-electron chi connectivity index (χ4n) is 6.04. The molecule has 32 heavy (non-hydrogen) atoms. The number of β-amino-alcohol motifs (C(OH)–C–C–N with tert-alkyl or cyclic N) is 1. The lowest BCUT2D eigenvalue weighted by atomic mass is 9.66. The molecular formula is C24H33N3O5. The quantitative estimate of drug-likeness (QED) is 0.567. The van der Waals surface area contributed by atoms with Gasteiger partial charge in [0.1, 0.15) is 11.6 Å². The van der Waals surface area contributed by atoms with Crippen LogP contribution in [0, 0.1) is 11.8 Å². The van der Waals surface area contributed by atoms with Crippen LogP contribution < -0.4 is 10.6 Å². The molecule has 1 aromatic rings. The molecule has 0 aromatic heterocycles. The molecule has 4 rings (SSSR count). The molecule has 0 radical (unpaired) electrons. The van der Waals surface area contributed by atoms with Crippen molar-refractivity contribution in [2.24, 2.45) is 11.8 Å². The number of likely N-dealkylation sites (tertiary alicyclic amines) is 1. The zero-order chi connectivity index (χ0) is 23.1. The summed E-state index contributed by atoms with van der Waals surface area (Å²) in [5, 5.41) is 15.6. The SMILES string of the molecule is CCCC(C)NC(=O)C1N(CCO)C(=O)[C@@H]2[C@H](C(=O)Nc3ccccc3)[C@]3(C)CCC12O3. The lowest BCUT2D eigenvalue weighted by Crippen LogP contribution is -2.56. The molecule has 2 bridgehead atoms. The predicted molar refractivity (Wildman–Crippen MR) is 119 cm³/mol. The number of nitrogens with one attached hydrogen (secondary N) is 2. The van der Waals surface area contributed by atoms with Crippen LogP contribution in [0.3, 0.4) is 0 Å². The van der Waals surface area contributed by atoms with Crippen molar-refractivity contribution in [2.75, 3.05) is 18.5 Å². The largest absolute Gasteiger partial charge is 0.395 e. The van der Waals surface area contributed by atoms with E-state index in [1.807, 2.05) is 39.0 Å². The van der Waals surface area contributed by atoms with E-state index < -0.39 is 29.1 Å². The number of anilines is 1. The number of carbonyl (C=O) groups excluding carboxylic acids is 3. The van der Waals surface area contributed by atoms with Crippen LogP contribution in [-0.2, 0) is 19.1 Å². The molecule has 8 heteroatoms. The molecule has 1 spiro atoms.